The van der Waals surface area contributed by atoms with E-state index in [4.69, 9.17) is 16.3 Å². The largest absolute Gasteiger partial charge is 0.489 e. The van der Waals surface area contributed by atoms with Gasteiger partial charge in [-0.1, -0.05) is 88.5 Å². The summed E-state index contributed by atoms with van der Waals surface area (Å²) in [6.07, 6.45) is 8.31. The highest BCUT2D eigenvalue weighted by atomic mass is 35.5. The van der Waals surface area contributed by atoms with Gasteiger partial charge in [0.2, 0.25) is 0 Å². The van der Waals surface area contributed by atoms with Gasteiger partial charge in [-0.05, 0) is 47.6 Å². The second-order valence-corrected chi connectivity index (χ2v) is 16.1. The summed E-state index contributed by atoms with van der Waals surface area (Å²) in [6.45, 7) is 18.4. The molecule has 0 bridgehead atoms. The number of ether oxygens (including phenoxy) is 1. The average molecular weight is 480 g/mol. The molecule has 1 fully saturated rings. The molecule has 2 aliphatic rings. The Kier molecular flexibility index (Phi) is 6.84. The minimum Gasteiger partial charge on any atom is -0.489 e. The molecule has 33 heavy (non-hydrogen) atoms. The minimum atomic E-state index is -2.09. The average Bonchev–Trinajstić information content (AvgIpc) is 3.18. The summed E-state index contributed by atoms with van der Waals surface area (Å²) in [6, 6.07) is 13.3. The van der Waals surface area contributed by atoms with Crippen LogP contribution in [0.25, 0.3) is 5.70 Å². The number of benzene rings is 2. The Bertz CT molecular complexity index is 1060. The van der Waals surface area contributed by atoms with Crippen molar-refractivity contribution in [2.45, 2.75) is 64.1 Å². The molecule has 1 atom stereocenters. The summed E-state index contributed by atoms with van der Waals surface area (Å²) in [5.74, 6) is 1.01. The van der Waals surface area contributed by atoms with Gasteiger partial charge in [-0.15, -0.1) is 0 Å². The van der Waals surface area contributed by atoms with Crippen molar-refractivity contribution in [3.63, 3.8) is 0 Å². The molecular formula is C29H38ClNOSi. The molecule has 1 aliphatic carbocycles. The van der Waals surface area contributed by atoms with Gasteiger partial charge in [0.15, 0.2) is 0 Å². The van der Waals surface area contributed by atoms with Crippen LogP contribution in [0.15, 0.2) is 55.1 Å². The third kappa shape index (κ3) is 4.68. The number of allylic oxidation sites excluding steroid dienone is 1. The molecule has 1 heterocycles. The van der Waals surface area contributed by atoms with Gasteiger partial charge in [0, 0.05) is 40.5 Å². The van der Waals surface area contributed by atoms with Crippen LogP contribution in [0.5, 0.6) is 5.75 Å². The summed E-state index contributed by atoms with van der Waals surface area (Å²) >= 11 is 6.75. The number of hydrogen-bond acceptors (Lipinski definition) is 2. The van der Waals surface area contributed by atoms with Crippen molar-refractivity contribution in [1.29, 1.82) is 0 Å². The van der Waals surface area contributed by atoms with Crippen molar-refractivity contribution in [3.8, 4) is 5.75 Å². The summed E-state index contributed by atoms with van der Waals surface area (Å²) in [5.41, 5.74) is 5.80. The molecule has 0 amide bonds. The van der Waals surface area contributed by atoms with Gasteiger partial charge in [-0.2, -0.15) is 0 Å². The predicted octanol–water partition coefficient (Wildman–Crippen LogP) is 7.28. The van der Waals surface area contributed by atoms with Gasteiger partial charge in [-0.3, -0.25) is 0 Å². The lowest BCUT2D eigenvalue weighted by Crippen LogP contribution is -2.48. The molecule has 4 rings (SSSR count). The first-order chi connectivity index (χ1) is 15.6. The number of fused-ring (bicyclic) bond motifs is 1. The third-order valence-electron chi connectivity index (χ3n) is 7.27. The molecular weight excluding hydrogens is 442 g/mol. The SMILES string of the molecule is C=CCOc1c(C(C)(C)C)cc(Cl)cc1[Si](C)(C)C1C=C(N2CCCCC2)c2ccccc21. The lowest BCUT2D eigenvalue weighted by molar-refractivity contribution is 0.326. The van der Waals surface area contributed by atoms with Crippen LogP contribution in [0.1, 0.15) is 62.3 Å². The minimum absolute atomic E-state index is 0.0665. The van der Waals surface area contributed by atoms with Crippen LogP contribution in [-0.4, -0.2) is 32.7 Å². The second kappa shape index (κ2) is 9.35. The van der Waals surface area contributed by atoms with E-state index in [1.807, 2.05) is 6.08 Å². The standard InChI is InChI=1S/C29H38ClNOSi/c1-7-17-32-28-24(29(2,3)4)18-21(30)19-27(28)33(5,6)26-20-25(31-15-11-8-12-16-31)22-13-9-10-14-23(22)26/h7,9-10,13-14,18-20,26H,1,8,11-12,15-17H2,2-6H3. The Hall–Kier alpha value is -1.97. The van der Waals surface area contributed by atoms with Crippen LogP contribution >= 0.6 is 11.6 Å². The zero-order valence-corrected chi connectivity index (χ0v) is 22.6. The van der Waals surface area contributed by atoms with E-state index in [0.717, 1.165) is 23.9 Å². The number of hydrogen-bond donors (Lipinski definition) is 0. The number of likely N-dealkylation sites (tertiary alicyclic amines) is 1. The van der Waals surface area contributed by atoms with Crippen LogP contribution in [-0.2, 0) is 5.41 Å². The molecule has 2 nitrogen and oxygen atoms in total. The topological polar surface area (TPSA) is 12.5 Å². The van der Waals surface area contributed by atoms with Gasteiger partial charge < -0.3 is 9.64 Å². The van der Waals surface area contributed by atoms with E-state index in [1.54, 1.807) is 0 Å². The summed E-state index contributed by atoms with van der Waals surface area (Å²) < 4.78 is 6.40. The molecule has 2 aromatic carbocycles. The lowest BCUT2D eigenvalue weighted by atomic mass is 9.86. The fraction of sp³-hybridized carbons (Fsp3) is 0.448. The first kappa shape index (κ1) is 24.2. The number of rotatable bonds is 6. The summed E-state index contributed by atoms with van der Waals surface area (Å²) in [4.78, 5) is 2.61. The van der Waals surface area contributed by atoms with Crippen molar-refractivity contribution in [2.24, 2.45) is 0 Å². The van der Waals surface area contributed by atoms with Crippen molar-refractivity contribution in [1.82, 2.24) is 4.90 Å². The molecule has 0 radical (unpaired) electrons. The molecule has 176 valence electrons. The molecule has 0 saturated carbocycles. The zero-order valence-electron chi connectivity index (χ0n) is 20.9. The van der Waals surface area contributed by atoms with Crippen LogP contribution in [0.3, 0.4) is 0 Å². The van der Waals surface area contributed by atoms with Gasteiger partial charge in [0.1, 0.15) is 12.4 Å². The predicted molar refractivity (Wildman–Crippen MR) is 146 cm³/mol. The zero-order chi connectivity index (χ0) is 23.8. The monoisotopic (exact) mass is 479 g/mol. The number of halogens is 1. The molecule has 1 aliphatic heterocycles. The van der Waals surface area contributed by atoms with Gasteiger partial charge in [-0.25, -0.2) is 0 Å². The highest BCUT2D eigenvalue weighted by molar-refractivity contribution is 6.92. The maximum atomic E-state index is 6.75. The number of nitrogens with zero attached hydrogens (tertiary/aromatic N) is 1. The van der Waals surface area contributed by atoms with Gasteiger partial charge in [0.25, 0.3) is 0 Å². The lowest BCUT2D eigenvalue weighted by Gasteiger charge is -2.34. The Balaban J connectivity index is 1.86. The van der Waals surface area contributed by atoms with E-state index in [9.17, 15) is 0 Å². The van der Waals surface area contributed by atoms with E-state index < -0.39 is 8.07 Å². The first-order valence-electron chi connectivity index (χ1n) is 12.3. The Morgan fingerprint density at radius 1 is 1.12 bits per heavy atom. The molecule has 1 saturated heterocycles. The maximum absolute atomic E-state index is 6.75. The summed E-state index contributed by atoms with van der Waals surface area (Å²) in [7, 11) is -2.09. The molecule has 1 unspecified atom stereocenters. The second-order valence-electron chi connectivity index (χ2n) is 11.1. The van der Waals surface area contributed by atoms with E-state index in [2.05, 4.69) is 87.8 Å². The normalized spacial score (nSPS) is 18.7. The maximum Gasteiger partial charge on any atom is 0.122 e. The van der Waals surface area contributed by atoms with Crippen molar-refractivity contribution in [2.75, 3.05) is 19.7 Å². The van der Waals surface area contributed by atoms with Crippen LogP contribution in [0.2, 0.25) is 18.1 Å². The smallest absolute Gasteiger partial charge is 0.122 e. The van der Waals surface area contributed by atoms with E-state index in [-0.39, 0.29) is 5.41 Å². The fourth-order valence-electron chi connectivity index (χ4n) is 5.44. The quantitative estimate of drug-likeness (QED) is 0.318. The summed E-state index contributed by atoms with van der Waals surface area (Å²) in [5, 5.41) is 2.10. The van der Waals surface area contributed by atoms with Crippen LogP contribution < -0.4 is 9.92 Å². The van der Waals surface area contributed by atoms with Crippen molar-refractivity contribution < 1.29 is 4.74 Å². The Morgan fingerprint density at radius 3 is 2.48 bits per heavy atom. The van der Waals surface area contributed by atoms with E-state index in [1.165, 1.54) is 46.8 Å². The molecule has 0 spiro atoms. The fourth-order valence-corrected chi connectivity index (χ4v) is 9.01. The Morgan fingerprint density at radius 2 is 1.82 bits per heavy atom. The Labute approximate surface area is 206 Å². The highest BCUT2D eigenvalue weighted by Crippen LogP contribution is 2.45. The van der Waals surface area contributed by atoms with E-state index in [0.29, 0.717) is 12.1 Å². The number of piperidine rings is 1. The van der Waals surface area contributed by atoms with E-state index >= 15 is 0 Å². The highest BCUT2D eigenvalue weighted by Gasteiger charge is 2.42. The van der Waals surface area contributed by atoms with Gasteiger partial charge in [0.05, 0.1) is 8.07 Å². The van der Waals surface area contributed by atoms with Crippen molar-refractivity contribution in [3.05, 3.63) is 76.8 Å². The molecule has 0 N–H and O–H groups in total. The molecule has 0 aromatic heterocycles. The third-order valence-corrected chi connectivity index (χ3v) is 11.3. The van der Waals surface area contributed by atoms with Crippen molar-refractivity contribution >= 4 is 30.6 Å². The first-order valence-corrected chi connectivity index (χ1v) is 15.7. The van der Waals surface area contributed by atoms with Gasteiger partial charge >= 0.3 is 0 Å². The van der Waals surface area contributed by atoms with Crippen LogP contribution in [0, 0.1) is 0 Å². The molecule has 4 heteroatoms. The molecule has 2 aromatic rings. The van der Waals surface area contributed by atoms with Crippen LogP contribution in [0.4, 0.5) is 0 Å².